The first kappa shape index (κ1) is 17.1. The number of amides is 1. The van der Waals surface area contributed by atoms with Gasteiger partial charge in [0, 0.05) is 13.7 Å². The molecule has 0 heterocycles. The summed E-state index contributed by atoms with van der Waals surface area (Å²) < 4.78 is 4.96. The number of ether oxygens (including phenoxy) is 1. The zero-order valence-electron chi connectivity index (χ0n) is 9.95. The Bertz CT molecular complexity index is 177. The molecule has 0 radical (unpaired) electrons. The molecular formula is C10H23ClN2O2. The van der Waals surface area contributed by atoms with Crippen LogP contribution in [0.5, 0.6) is 0 Å². The van der Waals surface area contributed by atoms with Crippen molar-refractivity contribution in [2.75, 3.05) is 20.3 Å². The number of nitrogens with two attached hydrogens (primary N) is 1. The first-order chi connectivity index (χ1) is 6.49. The highest BCUT2D eigenvalue weighted by atomic mass is 35.5. The molecule has 0 saturated carbocycles. The fourth-order valence-electron chi connectivity index (χ4n) is 1.04. The lowest BCUT2D eigenvalue weighted by Gasteiger charge is -2.17. The van der Waals surface area contributed by atoms with Gasteiger partial charge in [-0.05, 0) is 11.8 Å². The summed E-state index contributed by atoms with van der Waals surface area (Å²) in [6.07, 6.45) is 0. The van der Waals surface area contributed by atoms with Crippen molar-refractivity contribution in [2.24, 2.45) is 17.6 Å². The lowest BCUT2D eigenvalue weighted by Crippen LogP contribution is -2.45. The van der Waals surface area contributed by atoms with Crippen molar-refractivity contribution in [1.82, 2.24) is 5.32 Å². The van der Waals surface area contributed by atoms with Crippen LogP contribution in [0.1, 0.15) is 20.8 Å². The van der Waals surface area contributed by atoms with Gasteiger partial charge in [0.1, 0.15) is 0 Å². The van der Waals surface area contributed by atoms with Gasteiger partial charge < -0.3 is 15.8 Å². The van der Waals surface area contributed by atoms with Crippen LogP contribution in [0.4, 0.5) is 0 Å². The topological polar surface area (TPSA) is 64.3 Å². The van der Waals surface area contributed by atoms with Crippen LogP contribution in [0, 0.1) is 11.8 Å². The minimum atomic E-state index is -0.412. The molecule has 0 saturated heterocycles. The van der Waals surface area contributed by atoms with Crippen LogP contribution in [0.15, 0.2) is 0 Å². The minimum Gasteiger partial charge on any atom is -0.384 e. The van der Waals surface area contributed by atoms with Crippen LogP contribution in [0.2, 0.25) is 0 Å². The standard InChI is InChI=1S/C10H22N2O2.ClH/c1-7(2)9(11)10(13)12-5-8(3)6-14-4;/h7-9H,5-6,11H2,1-4H3,(H,12,13);1H/t8?,9-;/m0./s1. The van der Waals surface area contributed by atoms with E-state index in [4.69, 9.17) is 10.5 Å². The Hall–Kier alpha value is -0.320. The number of carbonyl (C=O) groups is 1. The predicted octanol–water partition coefficient (Wildman–Crippen LogP) is 0.790. The summed E-state index contributed by atoms with van der Waals surface area (Å²) in [7, 11) is 1.65. The number of carbonyl (C=O) groups excluding carboxylic acids is 1. The van der Waals surface area contributed by atoms with E-state index >= 15 is 0 Å². The third kappa shape index (κ3) is 7.59. The molecule has 1 unspecified atom stereocenters. The molecule has 1 amide bonds. The highest BCUT2D eigenvalue weighted by molar-refractivity contribution is 5.85. The molecule has 92 valence electrons. The van der Waals surface area contributed by atoms with Crippen LogP contribution in [-0.2, 0) is 9.53 Å². The van der Waals surface area contributed by atoms with E-state index in [9.17, 15) is 4.79 Å². The van der Waals surface area contributed by atoms with Crippen LogP contribution in [0.3, 0.4) is 0 Å². The Morgan fingerprint density at radius 2 is 1.93 bits per heavy atom. The molecule has 0 rings (SSSR count). The number of hydrogen-bond donors (Lipinski definition) is 2. The molecule has 3 N–H and O–H groups in total. The average molecular weight is 239 g/mol. The fraction of sp³-hybridized carbons (Fsp3) is 0.900. The molecule has 0 fully saturated rings. The van der Waals surface area contributed by atoms with Crippen LogP contribution in [0.25, 0.3) is 0 Å². The Kier molecular flexibility index (Phi) is 10.2. The summed E-state index contributed by atoms with van der Waals surface area (Å²) in [4.78, 5) is 11.4. The summed E-state index contributed by atoms with van der Waals surface area (Å²) in [6, 6.07) is -0.412. The normalized spacial score (nSPS) is 14.3. The Morgan fingerprint density at radius 1 is 1.40 bits per heavy atom. The summed E-state index contributed by atoms with van der Waals surface area (Å²) in [6.45, 7) is 7.15. The van der Waals surface area contributed by atoms with Crippen molar-refractivity contribution in [2.45, 2.75) is 26.8 Å². The second-order valence-electron chi connectivity index (χ2n) is 4.08. The average Bonchev–Trinajstić information content (AvgIpc) is 2.13. The summed E-state index contributed by atoms with van der Waals surface area (Å²) in [5.74, 6) is 0.416. The molecule has 0 aliphatic heterocycles. The molecule has 0 aromatic rings. The van der Waals surface area contributed by atoms with E-state index in [2.05, 4.69) is 5.32 Å². The number of rotatable bonds is 6. The van der Waals surface area contributed by atoms with Gasteiger partial charge in [0.05, 0.1) is 12.6 Å². The van der Waals surface area contributed by atoms with Gasteiger partial charge in [-0.1, -0.05) is 20.8 Å². The lowest BCUT2D eigenvalue weighted by atomic mass is 10.0. The van der Waals surface area contributed by atoms with Crippen LogP contribution in [-0.4, -0.2) is 32.2 Å². The van der Waals surface area contributed by atoms with Gasteiger partial charge in [-0.25, -0.2) is 0 Å². The van der Waals surface area contributed by atoms with Crippen molar-refractivity contribution in [1.29, 1.82) is 0 Å². The van der Waals surface area contributed by atoms with E-state index < -0.39 is 6.04 Å². The summed E-state index contributed by atoms with van der Waals surface area (Å²) >= 11 is 0. The number of nitrogens with one attached hydrogen (secondary N) is 1. The first-order valence-corrected chi connectivity index (χ1v) is 5.01. The third-order valence-corrected chi connectivity index (χ3v) is 2.10. The van der Waals surface area contributed by atoms with Gasteiger partial charge in [0.25, 0.3) is 0 Å². The maximum atomic E-state index is 11.4. The van der Waals surface area contributed by atoms with E-state index in [0.29, 0.717) is 19.1 Å². The van der Waals surface area contributed by atoms with Gasteiger partial charge >= 0.3 is 0 Å². The second-order valence-corrected chi connectivity index (χ2v) is 4.08. The quantitative estimate of drug-likeness (QED) is 0.719. The predicted molar refractivity (Wildman–Crippen MR) is 64.1 cm³/mol. The van der Waals surface area contributed by atoms with Crippen molar-refractivity contribution in [3.05, 3.63) is 0 Å². The zero-order valence-corrected chi connectivity index (χ0v) is 10.8. The fourth-order valence-corrected chi connectivity index (χ4v) is 1.04. The molecule has 15 heavy (non-hydrogen) atoms. The number of methoxy groups -OCH3 is 1. The molecule has 0 aromatic heterocycles. The van der Waals surface area contributed by atoms with E-state index in [1.807, 2.05) is 20.8 Å². The van der Waals surface area contributed by atoms with E-state index in [1.165, 1.54) is 0 Å². The number of hydrogen-bond acceptors (Lipinski definition) is 3. The highest BCUT2D eigenvalue weighted by Crippen LogP contribution is 1.98. The molecule has 0 bridgehead atoms. The molecule has 4 nitrogen and oxygen atoms in total. The smallest absolute Gasteiger partial charge is 0.237 e. The number of halogens is 1. The molecular weight excluding hydrogens is 216 g/mol. The molecule has 0 aromatic carbocycles. The molecule has 0 spiro atoms. The van der Waals surface area contributed by atoms with Gasteiger partial charge in [-0.15, -0.1) is 12.4 Å². The Morgan fingerprint density at radius 3 is 2.33 bits per heavy atom. The maximum Gasteiger partial charge on any atom is 0.237 e. The van der Waals surface area contributed by atoms with Gasteiger partial charge in [0.2, 0.25) is 5.91 Å². The minimum absolute atomic E-state index is 0. The monoisotopic (exact) mass is 238 g/mol. The van der Waals surface area contributed by atoms with Crippen LogP contribution >= 0.6 is 12.4 Å². The highest BCUT2D eigenvalue weighted by Gasteiger charge is 2.17. The van der Waals surface area contributed by atoms with E-state index in [1.54, 1.807) is 7.11 Å². The van der Waals surface area contributed by atoms with Crippen molar-refractivity contribution < 1.29 is 9.53 Å². The molecule has 5 heteroatoms. The van der Waals surface area contributed by atoms with E-state index in [-0.39, 0.29) is 24.2 Å². The lowest BCUT2D eigenvalue weighted by molar-refractivity contribution is -0.123. The Balaban J connectivity index is 0. The Labute approximate surface area is 98.3 Å². The third-order valence-electron chi connectivity index (χ3n) is 2.10. The van der Waals surface area contributed by atoms with E-state index in [0.717, 1.165) is 0 Å². The summed E-state index contributed by atoms with van der Waals surface area (Å²) in [5.41, 5.74) is 5.68. The maximum absolute atomic E-state index is 11.4. The zero-order chi connectivity index (χ0) is 11.1. The van der Waals surface area contributed by atoms with Gasteiger partial charge in [-0.2, -0.15) is 0 Å². The molecule has 2 atom stereocenters. The van der Waals surface area contributed by atoms with Gasteiger partial charge in [-0.3, -0.25) is 4.79 Å². The molecule has 0 aliphatic carbocycles. The molecule has 0 aliphatic rings. The van der Waals surface area contributed by atoms with Crippen molar-refractivity contribution in [3.63, 3.8) is 0 Å². The van der Waals surface area contributed by atoms with Crippen molar-refractivity contribution in [3.8, 4) is 0 Å². The second kappa shape index (κ2) is 8.95. The van der Waals surface area contributed by atoms with Crippen LogP contribution < -0.4 is 11.1 Å². The summed E-state index contributed by atoms with van der Waals surface area (Å²) in [5, 5.41) is 2.80. The SMILES string of the molecule is COCC(C)CNC(=O)[C@@H](N)C(C)C.Cl. The largest absolute Gasteiger partial charge is 0.384 e. The van der Waals surface area contributed by atoms with Gasteiger partial charge in [0.15, 0.2) is 0 Å². The van der Waals surface area contributed by atoms with Crippen molar-refractivity contribution >= 4 is 18.3 Å². The first-order valence-electron chi connectivity index (χ1n) is 5.01.